The van der Waals surface area contributed by atoms with Crippen LogP contribution in [-0.2, 0) is 0 Å². The van der Waals surface area contributed by atoms with Gasteiger partial charge in [-0.25, -0.2) is 9.48 Å². The number of aromatic nitrogens is 1. The first-order valence-corrected chi connectivity index (χ1v) is 4.44. The van der Waals surface area contributed by atoms with Gasteiger partial charge in [-0.1, -0.05) is 0 Å². The molecule has 0 saturated carbocycles. The second-order valence-electron chi connectivity index (χ2n) is 3.45. The van der Waals surface area contributed by atoms with Gasteiger partial charge in [-0.2, -0.15) is 0 Å². The van der Waals surface area contributed by atoms with E-state index in [0.29, 0.717) is 6.17 Å². The Kier molecular flexibility index (Phi) is 2.10. The normalized spacial score (nSPS) is 23.2. The molecule has 3 nitrogen and oxygen atoms in total. The topological polar surface area (TPSA) is 19.1 Å². The van der Waals surface area contributed by atoms with Gasteiger partial charge in [-0.05, 0) is 19.2 Å². The van der Waals surface area contributed by atoms with Crippen LogP contribution in [0.25, 0.3) is 0 Å². The molecular weight excluding hydrogens is 162 g/mol. The lowest BCUT2D eigenvalue weighted by Gasteiger charge is -2.15. The van der Waals surface area contributed by atoms with Gasteiger partial charge in [0.05, 0.1) is 12.1 Å². The van der Waals surface area contributed by atoms with Crippen LogP contribution in [0.1, 0.15) is 11.7 Å². The molecule has 1 atom stereocenters. The van der Waals surface area contributed by atoms with Crippen LogP contribution >= 0.6 is 0 Å². The summed E-state index contributed by atoms with van der Waals surface area (Å²) >= 11 is 0. The molecule has 0 radical (unpaired) electrons. The van der Waals surface area contributed by atoms with Gasteiger partial charge in [0.2, 0.25) is 6.17 Å². The lowest BCUT2D eigenvalue weighted by atomic mass is 10.2. The Morgan fingerprint density at radius 3 is 3.00 bits per heavy atom. The number of hydrogen-bond acceptors (Lipinski definition) is 2. The molecule has 0 bridgehead atoms. The van der Waals surface area contributed by atoms with E-state index in [-0.39, 0.29) is 0 Å². The van der Waals surface area contributed by atoms with E-state index in [2.05, 4.69) is 40.8 Å². The fraction of sp³-hybridized carbons (Fsp3) is 0.400. The molecule has 2 rings (SSSR count). The Bertz CT molecular complexity index is 318. The van der Waals surface area contributed by atoms with Crippen LogP contribution in [0.2, 0.25) is 0 Å². The summed E-state index contributed by atoms with van der Waals surface area (Å²) in [4.78, 5) is 6.42. The lowest BCUT2D eigenvalue weighted by molar-refractivity contribution is -0.553. The van der Waals surface area contributed by atoms with Gasteiger partial charge in [0.25, 0.3) is 0 Å². The fourth-order valence-corrected chi connectivity index (χ4v) is 1.79. The summed E-state index contributed by atoms with van der Waals surface area (Å²) in [5.74, 6) is 0. The Morgan fingerprint density at radius 1 is 1.62 bits per heavy atom. The molecule has 0 spiro atoms. The van der Waals surface area contributed by atoms with Crippen LogP contribution in [0.4, 0.5) is 0 Å². The van der Waals surface area contributed by atoms with Crippen molar-refractivity contribution in [1.82, 2.24) is 9.88 Å². The van der Waals surface area contributed by atoms with Crippen LogP contribution in [0.5, 0.6) is 0 Å². The van der Waals surface area contributed by atoms with Crippen LogP contribution in [0.3, 0.4) is 0 Å². The van der Waals surface area contributed by atoms with Crippen molar-refractivity contribution >= 4 is 6.21 Å². The van der Waals surface area contributed by atoms with E-state index in [1.165, 1.54) is 5.56 Å². The third-order valence-corrected chi connectivity index (χ3v) is 2.44. The molecule has 3 heteroatoms. The van der Waals surface area contributed by atoms with E-state index in [0.717, 1.165) is 6.54 Å². The predicted octanol–water partition coefficient (Wildman–Crippen LogP) is 0.739. The summed E-state index contributed by atoms with van der Waals surface area (Å²) in [6.07, 6.45) is 6.28. The number of pyridine rings is 1. The lowest BCUT2D eigenvalue weighted by Crippen LogP contribution is -2.24. The smallest absolute Gasteiger partial charge is 0.236 e. The van der Waals surface area contributed by atoms with Gasteiger partial charge < -0.3 is 0 Å². The average Bonchev–Trinajstić information content (AvgIpc) is 2.48. The highest BCUT2D eigenvalue weighted by Crippen LogP contribution is 2.20. The van der Waals surface area contributed by atoms with Crippen molar-refractivity contribution in [3.05, 3.63) is 30.1 Å². The summed E-state index contributed by atoms with van der Waals surface area (Å²) in [6.45, 7) is 1.01. The van der Waals surface area contributed by atoms with Gasteiger partial charge in [0.1, 0.15) is 7.05 Å². The first-order chi connectivity index (χ1) is 6.29. The molecular formula is C10H14N3+. The van der Waals surface area contributed by atoms with Gasteiger partial charge >= 0.3 is 0 Å². The van der Waals surface area contributed by atoms with Gasteiger partial charge in [-0.15, -0.1) is 0 Å². The Labute approximate surface area is 78.3 Å². The minimum Gasteiger partial charge on any atom is -0.264 e. The Morgan fingerprint density at radius 2 is 2.46 bits per heavy atom. The molecule has 1 aromatic heterocycles. The summed E-state index contributed by atoms with van der Waals surface area (Å²) in [6, 6.07) is 4.10. The molecule has 2 heterocycles. The largest absolute Gasteiger partial charge is 0.264 e. The maximum Gasteiger partial charge on any atom is 0.236 e. The van der Waals surface area contributed by atoms with Gasteiger partial charge in [-0.3, -0.25) is 4.98 Å². The summed E-state index contributed by atoms with van der Waals surface area (Å²) in [7, 11) is 4.22. The molecule has 0 aromatic carbocycles. The van der Waals surface area contributed by atoms with E-state index in [1.54, 1.807) is 0 Å². The standard InChI is InChI=1S/C10H14N3/c1-12-6-7-13(2)10(12)9-4-3-5-11-8-9/h3-6,8,10H,7H2,1-2H3/q+1. The van der Waals surface area contributed by atoms with Crippen molar-refractivity contribution in [2.24, 2.45) is 0 Å². The van der Waals surface area contributed by atoms with Crippen molar-refractivity contribution in [2.45, 2.75) is 6.17 Å². The Balaban J connectivity index is 2.31. The number of hydrogen-bond donors (Lipinski definition) is 0. The zero-order valence-electron chi connectivity index (χ0n) is 8.01. The zero-order valence-corrected chi connectivity index (χ0v) is 8.01. The van der Waals surface area contributed by atoms with E-state index in [4.69, 9.17) is 0 Å². The van der Waals surface area contributed by atoms with Crippen molar-refractivity contribution in [3.8, 4) is 0 Å². The van der Waals surface area contributed by atoms with Crippen LogP contribution < -0.4 is 0 Å². The number of nitrogens with zero attached hydrogens (tertiary/aromatic N) is 3. The average molecular weight is 176 g/mol. The second-order valence-corrected chi connectivity index (χ2v) is 3.45. The highest BCUT2D eigenvalue weighted by atomic mass is 15.3. The molecule has 1 aliphatic rings. The Hall–Kier alpha value is -1.22. The number of rotatable bonds is 1. The first-order valence-electron chi connectivity index (χ1n) is 4.44. The van der Waals surface area contributed by atoms with Crippen molar-refractivity contribution in [1.29, 1.82) is 0 Å². The maximum absolute atomic E-state index is 4.13. The first kappa shape index (κ1) is 8.38. The molecule has 0 fully saturated rings. The molecule has 0 saturated heterocycles. The highest BCUT2D eigenvalue weighted by molar-refractivity contribution is 5.55. The quantitative estimate of drug-likeness (QED) is 0.588. The molecule has 1 aliphatic heterocycles. The second kappa shape index (κ2) is 3.26. The third-order valence-electron chi connectivity index (χ3n) is 2.44. The molecule has 0 aliphatic carbocycles. The van der Waals surface area contributed by atoms with Crippen molar-refractivity contribution in [3.63, 3.8) is 0 Å². The molecule has 68 valence electrons. The third kappa shape index (κ3) is 1.47. The molecule has 0 N–H and O–H groups in total. The van der Waals surface area contributed by atoms with Crippen molar-refractivity contribution < 1.29 is 4.58 Å². The molecule has 0 amide bonds. The van der Waals surface area contributed by atoms with Crippen molar-refractivity contribution in [2.75, 3.05) is 20.6 Å². The van der Waals surface area contributed by atoms with Crippen LogP contribution in [0.15, 0.2) is 24.5 Å². The minimum absolute atomic E-state index is 0.355. The monoisotopic (exact) mass is 176 g/mol. The summed E-state index contributed by atoms with van der Waals surface area (Å²) in [5.41, 5.74) is 1.25. The fourth-order valence-electron chi connectivity index (χ4n) is 1.79. The molecule has 1 unspecified atom stereocenters. The maximum atomic E-state index is 4.13. The van der Waals surface area contributed by atoms with E-state index in [9.17, 15) is 0 Å². The molecule has 13 heavy (non-hydrogen) atoms. The van der Waals surface area contributed by atoms with Gasteiger partial charge in [0.15, 0.2) is 6.21 Å². The summed E-state index contributed by atoms with van der Waals surface area (Å²) < 4.78 is 2.22. The highest BCUT2D eigenvalue weighted by Gasteiger charge is 2.29. The van der Waals surface area contributed by atoms with E-state index < -0.39 is 0 Å². The van der Waals surface area contributed by atoms with Crippen LogP contribution in [-0.4, -0.2) is 41.3 Å². The SMILES string of the molecule is CN1CC=[N+](C)C1c1cccnc1. The zero-order chi connectivity index (χ0) is 9.26. The summed E-state index contributed by atoms with van der Waals surface area (Å²) in [5, 5.41) is 0. The predicted molar refractivity (Wildman–Crippen MR) is 51.9 cm³/mol. The minimum atomic E-state index is 0.355. The van der Waals surface area contributed by atoms with E-state index in [1.807, 2.05) is 18.5 Å². The molecule has 1 aromatic rings. The van der Waals surface area contributed by atoms with E-state index >= 15 is 0 Å². The van der Waals surface area contributed by atoms with Crippen LogP contribution in [0, 0.1) is 0 Å². The van der Waals surface area contributed by atoms with Gasteiger partial charge in [0, 0.05) is 12.4 Å².